The number of halogens is 1. The first-order valence-electron chi connectivity index (χ1n) is 10.3. The number of aromatic nitrogens is 4. The standard InChI is InChI=1S/C23H26N6O3.ClH/c1-31-19-9-18(10-20(12-19)32-2)29(6-5-24)17-3-4-21-22(11-17)27-23(14-25-21)16-13-26-28(15-16)7-8-30;/h3-4,9-15,30H,5-8,24H2,1-2H3;1H. The van der Waals surface area contributed by atoms with Gasteiger partial charge in [-0.15, -0.1) is 12.4 Å². The molecule has 174 valence electrons. The number of rotatable bonds is 9. The molecular weight excluding hydrogens is 444 g/mol. The zero-order valence-electron chi connectivity index (χ0n) is 18.5. The van der Waals surface area contributed by atoms with E-state index in [0.29, 0.717) is 36.8 Å². The van der Waals surface area contributed by atoms with E-state index < -0.39 is 0 Å². The number of hydrogen-bond acceptors (Lipinski definition) is 8. The zero-order chi connectivity index (χ0) is 22.5. The van der Waals surface area contributed by atoms with Crippen molar-refractivity contribution in [1.29, 1.82) is 0 Å². The highest BCUT2D eigenvalue weighted by Crippen LogP contribution is 2.33. The molecule has 2 heterocycles. The van der Waals surface area contributed by atoms with Crippen molar-refractivity contribution in [2.24, 2.45) is 5.73 Å². The highest BCUT2D eigenvalue weighted by atomic mass is 35.5. The van der Waals surface area contributed by atoms with Crippen LogP contribution in [0.3, 0.4) is 0 Å². The molecule has 10 heteroatoms. The summed E-state index contributed by atoms with van der Waals surface area (Å²) >= 11 is 0. The fourth-order valence-electron chi connectivity index (χ4n) is 3.51. The number of fused-ring (bicyclic) bond motifs is 1. The van der Waals surface area contributed by atoms with Gasteiger partial charge in [-0.05, 0) is 18.2 Å². The normalized spacial score (nSPS) is 10.7. The number of anilines is 2. The molecule has 0 unspecified atom stereocenters. The molecule has 9 nitrogen and oxygen atoms in total. The summed E-state index contributed by atoms with van der Waals surface area (Å²) in [6.45, 7) is 1.53. The van der Waals surface area contributed by atoms with E-state index in [2.05, 4.69) is 15.0 Å². The van der Waals surface area contributed by atoms with Crippen LogP contribution in [0.1, 0.15) is 0 Å². The van der Waals surface area contributed by atoms with E-state index in [-0.39, 0.29) is 19.0 Å². The summed E-state index contributed by atoms with van der Waals surface area (Å²) in [4.78, 5) is 11.4. The van der Waals surface area contributed by atoms with Gasteiger partial charge in [0.15, 0.2) is 0 Å². The first kappa shape index (κ1) is 24.2. The number of ether oxygens (including phenoxy) is 2. The third kappa shape index (κ3) is 5.33. The Bertz CT molecular complexity index is 1190. The monoisotopic (exact) mass is 470 g/mol. The summed E-state index contributed by atoms with van der Waals surface area (Å²) < 4.78 is 12.5. The number of benzene rings is 2. The molecule has 0 aliphatic carbocycles. The maximum atomic E-state index is 9.11. The van der Waals surface area contributed by atoms with E-state index in [1.807, 2.05) is 42.6 Å². The first-order valence-corrected chi connectivity index (χ1v) is 10.3. The Morgan fingerprint density at radius 2 is 1.76 bits per heavy atom. The van der Waals surface area contributed by atoms with E-state index in [1.165, 1.54) is 0 Å². The number of aliphatic hydroxyl groups excluding tert-OH is 1. The van der Waals surface area contributed by atoms with Crippen molar-refractivity contribution in [2.75, 3.05) is 38.8 Å². The molecule has 33 heavy (non-hydrogen) atoms. The molecule has 0 spiro atoms. The van der Waals surface area contributed by atoms with Gasteiger partial charge in [0.1, 0.15) is 11.5 Å². The topological polar surface area (TPSA) is 112 Å². The molecule has 0 bridgehead atoms. The Balaban J connectivity index is 0.00000306. The van der Waals surface area contributed by atoms with Crippen molar-refractivity contribution in [3.8, 4) is 22.8 Å². The maximum Gasteiger partial charge on any atom is 0.124 e. The third-order valence-corrected chi connectivity index (χ3v) is 5.10. The summed E-state index contributed by atoms with van der Waals surface area (Å²) in [5, 5.41) is 13.4. The van der Waals surface area contributed by atoms with Gasteiger partial charge in [-0.25, -0.2) is 4.98 Å². The largest absolute Gasteiger partial charge is 0.497 e. The van der Waals surface area contributed by atoms with Gasteiger partial charge in [0.25, 0.3) is 0 Å². The summed E-state index contributed by atoms with van der Waals surface area (Å²) in [6.07, 6.45) is 5.30. The van der Waals surface area contributed by atoms with Crippen molar-refractivity contribution < 1.29 is 14.6 Å². The third-order valence-electron chi connectivity index (χ3n) is 5.10. The Kier molecular flexibility index (Phi) is 8.05. The second-order valence-electron chi connectivity index (χ2n) is 7.16. The number of methoxy groups -OCH3 is 2. The molecule has 2 aromatic heterocycles. The lowest BCUT2D eigenvalue weighted by molar-refractivity contribution is 0.269. The van der Waals surface area contributed by atoms with Gasteiger partial charge in [-0.1, -0.05) is 0 Å². The molecule has 3 N–H and O–H groups in total. The van der Waals surface area contributed by atoms with Gasteiger partial charge < -0.3 is 25.2 Å². The van der Waals surface area contributed by atoms with Gasteiger partial charge >= 0.3 is 0 Å². The van der Waals surface area contributed by atoms with Crippen molar-refractivity contribution in [3.05, 3.63) is 55.0 Å². The quantitative estimate of drug-likeness (QED) is 0.384. The number of aliphatic hydroxyl groups is 1. The highest BCUT2D eigenvalue weighted by molar-refractivity contribution is 5.85. The average molecular weight is 471 g/mol. The van der Waals surface area contributed by atoms with Crippen LogP contribution in [0.25, 0.3) is 22.3 Å². The minimum Gasteiger partial charge on any atom is -0.497 e. The van der Waals surface area contributed by atoms with Crippen LogP contribution in [0.2, 0.25) is 0 Å². The van der Waals surface area contributed by atoms with Crippen molar-refractivity contribution in [2.45, 2.75) is 6.54 Å². The van der Waals surface area contributed by atoms with E-state index in [9.17, 15) is 0 Å². The lowest BCUT2D eigenvalue weighted by Crippen LogP contribution is -2.24. The minimum absolute atomic E-state index is 0. The highest BCUT2D eigenvalue weighted by Gasteiger charge is 2.14. The number of hydrogen-bond donors (Lipinski definition) is 2. The van der Waals surface area contributed by atoms with Gasteiger partial charge in [0.2, 0.25) is 0 Å². The van der Waals surface area contributed by atoms with E-state index in [1.54, 1.807) is 31.3 Å². The molecule has 2 aromatic carbocycles. The van der Waals surface area contributed by atoms with Crippen LogP contribution in [0.4, 0.5) is 11.4 Å². The maximum absolute atomic E-state index is 9.11. The Morgan fingerprint density at radius 3 is 2.42 bits per heavy atom. The molecule has 4 aromatic rings. The molecule has 0 aliphatic heterocycles. The van der Waals surface area contributed by atoms with Crippen molar-refractivity contribution >= 4 is 34.8 Å². The molecule has 0 saturated heterocycles. The molecular formula is C23H27ClN6O3. The van der Waals surface area contributed by atoms with E-state index in [0.717, 1.165) is 28.0 Å². The SMILES string of the molecule is COc1cc(OC)cc(N(CCN)c2ccc3ncc(-c4cnn(CCO)c4)nc3c2)c1.Cl. The first-order chi connectivity index (χ1) is 15.6. The molecule has 0 atom stereocenters. The second-order valence-corrected chi connectivity index (χ2v) is 7.16. The molecule has 4 rings (SSSR count). The van der Waals surface area contributed by atoms with Crippen LogP contribution in [0.5, 0.6) is 11.5 Å². The van der Waals surface area contributed by atoms with Crippen LogP contribution < -0.4 is 20.1 Å². The summed E-state index contributed by atoms with van der Waals surface area (Å²) in [5.74, 6) is 1.40. The van der Waals surface area contributed by atoms with Gasteiger partial charge in [0, 0.05) is 54.4 Å². The summed E-state index contributed by atoms with van der Waals surface area (Å²) in [5.41, 5.74) is 10.9. The van der Waals surface area contributed by atoms with Crippen molar-refractivity contribution in [1.82, 2.24) is 19.7 Å². The average Bonchev–Trinajstić information content (AvgIpc) is 3.30. The second kappa shape index (κ2) is 11.0. The van der Waals surface area contributed by atoms with Crippen LogP contribution >= 0.6 is 12.4 Å². The van der Waals surface area contributed by atoms with Crippen LogP contribution in [-0.2, 0) is 6.54 Å². The van der Waals surface area contributed by atoms with Crippen LogP contribution in [0.15, 0.2) is 55.0 Å². The molecule has 0 aliphatic rings. The lowest BCUT2D eigenvalue weighted by Gasteiger charge is -2.25. The fraction of sp³-hybridized carbons (Fsp3) is 0.261. The Hall–Kier alpha value is -3.40. The number of nitrogens with zero attached hydrogens (tertiary/aromatic N) is 5. The minimum atomic E-state index is 0. The van der Waals surface area contributed by atoms with Gasteiger partial charge in [-0.3, -0.25) is 9.67 Å². The smallest absolute Gasteiger partial charge is 0.124 e. The summed E-state index contributed by atoms with van der Waals surface area (Å²) in [6, 6.07) is 11.7. The van der Waals surface area contributed by atoms with Crippen LogP contribution in [0, 0.1) is 0 Å². The summed E-state index contributed by atoms with van der Waals surface area (Å²) in [7, 11) is 3.25. The van der Waals surface area contributed by atoms with E-state index >= 15 is 0 Å². The zero-order valence-corrected chi connectivity index (χ0v) is 19.3. The number of nitrogens with two attached hydrogens (primary N) is 1. The molecule has 0 fully saturated rings. The molecule has 0 radical (unpaired) electrons. The fourth-order valence-corrected chi connectivity index (χ4v) is 3.51. The molecule has 0 amide bonds. The Labute approximate surface area is 198 Å². The van der Waals surface area contributed by atoms with Crippen molar-refractivity contribution in [3.63, 3.8) is 0 Å². The predicted octanol–water partition coefficient (Wildman–Crippen LogP) is 3.02. The van der Waals surface area contributed by atoms with E-state index in [4.69, 9.17) is 25.3 Å². The lowest BCUT2D eigenvalue weighted by atomic mass is 10.2. The van der Waals surface area contributed by atoms with Gasteiger partial charge in [0.05, 0.1) is 56.5 Å². The predicted molar refractivity (Wildman–Crippen MR) is 131 cm³/mol. The van der Waals surface area contributed by atoms with Gasteiger partial charge in [-0.2, -0.15) is 5.10 Å². The molecule has 0 saturated carbocycles. The Morgan fingerprint density at radius 1 is 1.00 bits per heavy atom. The van der Waals surface area contributed by atoms with Crippen LogP contribution in [-0.4, -0.2) is 58.8 Å².